The summed E-state index contributed by atoms with van der Waals surface area (Å²) >= 11 is 0. The van der Waals surface area contributed by atoms with Gasteiger partial charge >= 0.3 is 17.9 Å². The highest BCUT2D eigenvalue weighted by Gasteiger charge is 2.16. The van der Waals surface area contributed by atoms with Crippen molar-refractivity contribution in [3.63, 3.8) is 0 Å². The molecule has 2 aromatic rings. The molecule has 0 saturated heterocycles. The molecule has 2 aromatic carbocycles. The second-order valence-corrected chi connectivity index (χ2v) is 9.44. The SMILES string of the molecule is C=C(C)C(=O)OCCCOCc1ccc(-c2ccc(OC(O)C(=C)C)cc2)cc1C(=O)OCCCOC(=O)C(=C)C. The molecule has 0 saturated carbocycles. The van der Waals surface area contributed by atoms with E-state index in [1.165, 1.54) is 0 Å². The maximum Gasteiger partial charge on any atom is 0.338 e. The summed E-state index contributed by atoms with van der Waals surface area (Å²) in [5, 5.41) is 9.88. The molecule has 9 nitrogen and oxygen atoms in total. The van der Waals surface area contributed by atoms with Gasteiger partial charge in [-0.25, -0.2) is 14.4 Å². The summed E-state index contributed by atoms with van der Waals surface area (Å²) in [6.07, 6.45) is -0.297. The maximum atomic E-state index is 13.0. The molecule has 220 valence electrons. The molecule has 0 aliphatic carbocycles. The fraction of sp³-hybridized carbons (Fsp3) is 0.344. The van der Waals surface area contributed by atoms with Crippen LogP contribution in [0.4, 0.5) is 0 Å². The van der Waals surface area contributed by atoms with Gasteiger partial charge in [0.1, 0.15) is 5.75 Å². The summed E-state index contributed by atoms with van der Waals surface area (Å²) in [5.41, 5.74) is 3.63. The highest BCUT2D eigenvalue weighted by Crippen LogP contribution is 2.26. The fourth-order valence-electron chi connectivity index (χ4n) is 3.25. The topological polar surface area (TPSA) is 118 Å². The van der Waals surface area contributed by atoms with Crippen LogP contribution in [0.25, 0.3) is 11.1 Å². The van der Waals surface area contributed by atoms with Crippen LogP contribution in [0.1, 0.15) is 49.5 Å². The van der Waals surface area contributed by atoms with E-state index in [9.17, 15) is 19.5 Å². The second kappa shape index (κ2) is 16.8. The van der Waals surface area contributed by atoms with E-state index in [-0.39, 0.29) is 26.4 Å². The van der Waals surface area contributed by atoms with Gasteiger partial charge in [0.05, 0.1) is 38.6 Å². The molecule has 0 amide bonds. The summed E-state index contributed by atoms with van der Waals surface area (Å²) in [6.45, 7) is 16.3. The first-order valence-corrected chi connectivity index (χ1v) is 13.1. The Morgan fingerprint density at radius 1 is 0.756 bits per heavy atom. The number of rotatable bonds is 17. The molecule has 0 aliphatic heterocycles. The Balaban J connectivity index is 2.09. The highest BCUT2D eigenvalue weighted by atomic mass is 16.6. The Kier molecular flexibility index (Phi) is 13.5. The van der Waals surface area contributed by atoms with Gasteiger partial charge in [0, 0.05) is 24.0 Å². The Morgan fingerprint density at radius 3 is 1.85 bits per heavy atom. The Morgan fingerprint density at radius 2 is 1.29 bits per heavy atom. The summed E-state index contributed by atoms with van der Waals surface area (Å²) in [6, 6.07) is 12.4. The Bertz CT molecular complexity index is 1240. The molecule has 9 heteroatoms. The van der Waals surface area contributed by atoms with Gasteiger partial charge in [0.15, 0.2) is 0 Å². The molecule has 1 unspecified atom stereocenters. The van der Waals surface area contributed by atoms with Crippen LogP contribution in [-0.2, 0) is 35.1 Å². The van der Waals surface area contributed by atoms with E-state index >= 15 is 0 Å². The molecule has 0 fully saturated rings. The first kappa shape index (κ1) is 33.0. The number of aliphatic hydroxyl groups excluding tert-OH is 1. The summed E-state index contributed by atoms with van der Waals surface area (Å²) < 4.78 is 26.7. The lowest BCUT2D eigenvalue weighted by atomic mass is 9.99. The standard InChI is InChI=1S/C32H38O9/c1-21(2)29(33)38-16-7-15-37-20-26-10-9-25(24-11-13-27(14-12-24)41-31(35)23(5)6)19-28(26)32(36)40-18-8-17-39-30(34)22(3)4/h9-14,19,31,35H,1,3,5,7-8,15-18,20H2,2,4,6H3. The summed E-state index contributed by atoms with van der Waals surface area (Å²) in [4.78, 5) is 36.0. The third kappa shape index (κ3) is 11.4. The Hall–Kier alpha value is -4.21. The van der Waals surface area contributed by atoms with Crippen LogP contribution in [-0.4, -0.2) is 55.7 Å². The van der Waals surface area contributed by atoms with Crippen molar-refractivity contribution in [2.24, 2.45) is 0 Å². The van der Waals surface area contributed by atoms with Crippen LogP contribution in [0.2, 0.25) is 0 Å². The largest absolute Gasteiger partial charge is 0.462 e. The number of benzene rings is 2. The third-order valence-electron chi connectivity index (χ3n) is 5.56. The van der Waals surface area contributed by atoms with Gasteiger partial charge < -0.3 is 28.8 Å². The van der Waals surface area contributed by atoms with Crippen LogP contribution in [0.15, 0.2) is 78.9 Å². The van der Waals surface area contributed by atoms with Gasteiger partial charge in [-0.15, -0.1) is 0 Å². The van der Waals surface area contributed by atoms with Gasteiger partial charge in [-0.05, 0) is 61.2 Å². The second-order valence-electron chi connectivity index (χ2n) is 9.44. The first-order valence-electron chi connectivity index (χ1n) is 13.1. The zero-order valence-electron chi connectivity index (χ0n) is 23.9. The lowest BCUT2D eigenvalue weighted by molar-refractivity contribution is -0.140. The van der Waals surface area contributed by atoms with Gasteiger partial charge in [-0.2, -0.15) is 0 Å². The molecule has 0 bridgehead atoms. The molecule has 0 aliphatic rings. The minimum absolute atomic E-state index is 0.0536. The van der Waals surface area contributed by atoms with Crippen LogP contribution in [0.3, 0.4) is 0 Å². The van der Waals surface area contributed by atoms with Crippen molar-refractivity contribution in [3.8, 4) is 16.9 Å². The minimum Gasteiger partial charge on any atom is -0.462 e. The van der Waals surface area contributed by atoms with Crippen molar-refractivity contribution in [1.82, 2.24) is 0 Å². The molecular weight excluding hydrogens is 528 g/mol. The summed E-state index contributed by atoms with van der Waals surface area (Å²) in [5.74, 6) is -1.03. The zero-order chi connectivity index (χ0) is 30.4. The average Bonchev–Trinajstić information content (AvgIpc) is 2.94. The van der Waals surface area contributed by atoms with Crippen molar-refractivity contribution in [3.05, 3.63) is 90.0 Å². The number of esters is 3. The molecule has 0 heterocycles. The van der Waals surface area contributed by atoms with Crippen molar-refractivity contribution in [2.45, 2.75) is 46.5 Å². The van der Waals surface area contributed by atoms with Gasteiger partial charge in [-0.3, -0.25) is 0 Å². The zero-order valence-corrected chi connectivity index (χ0v) is 23.9. The van der Waals surface area contributed by atoms with Crippen LogP contribution in [0, 0.1) is 0 Å². The lowest BCUT2D eigenvalue weighted by Gasteiger charge is -2.14. The van der Waals surface area contributed by atoms with Crippen LogP contribution < -0.4 is 4.74 Å². The molecule has 41 heavy (non-hydrogen) atoms. The molecule has 1 atom stereocenters. The van der Waals surface area contributed by atoms with Crippen LogP contribution >= 0.6 is 0 Å². The van der Waals surface area contributed by atoms with E-state index in [0.29, 0.717) is 53.0 Å². The van der Waals surface area contributed by atoms with Crippen molar-refractivity contribution >= 4 is 17.9 Å². The maximum absolute atomic E-state index is 13.0. The molecule has 0 radical (unpaired) electrons. The van der Waals surface area contributed by atoms with Crippen molar-refractivity contribution in [1.29, 1.82) is 0 Å². The van der Waals surface area contributed by atoms with E-state index in [4.69, 9.17) is 23.7 Å². The van der Waals surface area contributed by atoms with Crippen molar-refractivity contribution < 1.29 is 43.2 Å². The molecule has 1 N–H and O–H groups in total. The first-order chi connectivity index (χ1) is 19.5. The fourth-order valence-corrected chi connectivity index (χ4v) is 3.25. The lowest BCUT2D eigenvalue weighted by Crippen LogP contribution is -2.15. The average molecular weight is 567 g/mol. The molecular formula is C32H38O9. The van der Waals surface area contributed by atoms with E-state index in [0.717, 1.165) is 11.1 Å². The van der Waals surface area contributed by atoms with E-state index in [1.807, 2.05) is 18.2 Å². The monoisotopic (exact) mass is 566 g/mol. The number of ether oxygens (including phenoxy) is 5. The van der Waals surface area contributed by atoms with E-state index in [1.54, 1.807) is 45.0 Å². The molecule has 2 rings (SSSR count). The van der Waals surface area contributed by atoms with Crippen LogP contribution in [0.5, 0.6) is 5.75 Å². The smallest absolute Gasteiger partial charge is 0.338 e. The minimum atomic E-state index is -1.11. The predicted octanol–water partition coefficient (Wildman–Crippen LogP) is 5.32. The molecule has 0 aromatic heterocycles. The predicted molar refractivity (Wildman–Crippen MR) is 154 cm³/mol. The van der Waals surface area contributed by atoms with E-state index < -0.39 is 24.2 Å². The third-order valence-corrected chi connectivity index (χ3v) is 5.56. The molecule has 0 spiro atoms. The van der Waals surface area contributed by atoms with Crippen molar-refractivity contribution in [2.75, 3.05) is 26.4 Å². The number of carbonyl (C=O) groups is 3. The quantitative estimate of drug-likeness (QED) is 0.0678. The number of hydrogen-bond acceptors (Lipinski definition) is 9. The normalized spacial score (nSPS) is 11.2. The van der Waals surface area contributed by atoms with E-state index in [2.05, 4.69) is 19.7 Å². The van der Waals surface area contributed by atoms with Gasteiger partial charge in [0.25, 0.3) is 0 Å². The Labute approximate surface area is 241 Å². The highest BCUT2D eigenvalue weighted by molar-refractivity contribution is 5.93. The number of carbonyl (C=O) groups excluding carboxylic acids is 3. The number of aliphatic hydroxyl groups is 1. The number of hydrogen-bond donors (Lipinski definition) is 1. The van der Waals surface area contributed by atoms with Gasteiger partial charge in [-0.1, -0.05) is 44.0 Å². The summed E-state index contributed by atoms with van der Waals surface area (Å²) in [7, 11) is 0. The van der Waals surface area contributed by atoms with Gasteiger partial charge in [0.2, 0.25) is 6.29 Å².